The number of nitriles is 1. The van der Waals surface area contributed by atoms with Gasteiger partial charge in [-0.2, -0.15) is 5.26 Å². The maximum Gasteiger partial charge on any atom is 0.161 e. The first kappa shape index (κ1) is 13.7. The lowest BCUT2D eigenvalue weighted by Gasteiger charge is -2.17. The van der Waals surface area contributed by atoms with E-state index in [0.29, 0.717) is 13.2 Å². The van der Waals surface area contributed by atoms with E-state index in [1.54, 1.807) is 0 Å². The van der Waals surface area contributed by atoms with Gasteiger partial charge >= 0.3 is 0 Å². The summed E-state index contributed by atoms with van der Waals surface area (Å²) in [4.78, 5) is 0. The van der Waals surface area contributed by atoms with Gasteiger partial charge in [-0.15, -0.1) is 0 Å². The van der Waals surface area contributed by atoms with Gasteiger partial charge in [0, 0.05) is 13.0 Å². The largest absolute Gasteiger partial charge is 0.490 e. The lowest BCUT2D eigenvalue weighted by Crippen LogP contribution is -2.38. The Labute approximate surface area is 114 Å². The topological polar surface area (TPSA) is 54.3 Å². The molecule has 0 unspecified atom stereocenters. The molecular weight excluding hydrogens is 240 g/mol. The van der Waals surface area contributed by atoms with Crippen molar-refractivity contribution in [1.29, 1.82) is 5.26 Å². The van der Waals surface area contributed by atoms with E-state index in [9.17, 15) is 0 Å². The Bertz CT molecular complexity index is 478. The van der Waals surface area contributed by atoms with E-state index in [1.165, 1.54) is 5.56 Å². The SMILES string of the molecule is CC(C)(C#N)NCCc1ccc2c(c1)OCCCO2. The van der Waals surface area contributed by atoms with Gasteiger partial charge in [-0.1, -0.05) is 6.07 Å². The molecular formula is C15H20N2O2. The zero-order chi connectivity index (χ0) is 13.7. The first-order valence-corrected chi connectivity index (χ1v) is 6.65. The van der Waals surface area contributed by atoms with Crippen LogP contribution in [0.1, 0.15) is 25.8 Å². The van der Waals surface area contributed by atoms with Gasteiger partial charge in [-0.25, -0.2) is 0 Å². The zero-order valence-corrected chi connectivity index (χ0v) is 11.5. The maximum absolute atomic E-state index is 8.93. The van der Waals surface area contributed by atoms with Crippen molar-refractivity contribution in [2.45, 2.75) is 32.2 Å². The second kappa shape index (κ2) is 5.94. The van der Waals surface area contributed by atoms with Crippen LogP contribution in [0.3, 0.4) is 0 Å². The maximum atomic E-state index is 8.93. The van der Waals surface area contributed by atoms with Crippen molar-refractivity contribution in [3.63, 3.8) is 0 Å². The summed E-state index contributed by atoms with van der Waals surface area (Å²) in [5.74, 6) is 1.65. The molecule has 1 N–H and O–H groups in total. The highest BCUT2D eigenvalue weighted by atomic mass is 16.5. The van der Waals surface area contributed by atoms with Gasteiger partial charge in [0.2, 0.25) is 0 Å². The van der Waals surface area contributed by atoms with Crippen LogP contribution in [0.15, 0.2) is 18.2 Å². The summed E-state index contributed by atoms with van der Waals surface area (Å²) < 4.78 is 11.3. The molecule has 0 aromatic heterocycles. The molecule has 0 amide bonds. The molecule has 0 aliphatic carbocycles. The molecule has 1 aromatic carbocycles. The quantitative estimate of drug-likeness (QED) is 0.902. The molecule has 19 heavy (non-hydrogen) atoms. The highest BCUT2D eigenvalue weighted by molar-refractivity contribution is 5.43. The van der Waals surface area contributed by atoms with Gasteiger partial charge in [0.15, 0.2) is 11.5 Å². The summed E-state index contributed by atoms with van der Waals surface area (Å²) in [6, 6.07) is 8.27. The number of nitrogens with one attached hydrogen (secondary N) is 1. The Hall–Kier alpha value is -1.73. The molecule has 1 aliphatic heterocycles. The smallest absolute Gasteiger partial charge is 0.161 e. The van der Waals surface area contributed by atoms with Crippen LogP contribution in [0.5, 0.6) is 11.5 Å². The van der Waals surface area contributed by atoms with Crippen LogP contribution in [0.4, 0.5) is 0 Å². The predicted molar refractivity (Wildman–Crippen MR) is 73.4 cm³/mol. The Morgan fingerprint density at radius 2 is 2.00 bits per heavy atom. The monoisotopic (exact) mass is 260 g/mol. The molecule has 1 aliphatic rings. The molecule has 0 atom stereocenters. The fourth-order valence-corrected chi connectivity index (χ4v) is 1.92. The van der Waals surface area contributed by atoms with Gasteiger partial charge in [0.25, 0.3) is 0 Å². The Morgan fingerprint density at radius 3 is 2.74 bits per heavy atom. The first-order chi connectivity index (χ1) is 9.11. The van der Waals surface area contributed by atoms with Crippen molar-refractivity contribution in [3.8, 4) is 17.6 Å². The summed E-state index contributed by atoms with van der Waals surface area (Å²) >= 11 is 0. The van der Waals surface area contributed by atoms with E-state index >= 15 is 0 Å². The number of hydrogen-bond acceptors (Lipinski definition) is 4. The summed E-state index contributed by atoms with van der Waals surface area (Å²) in [6.07, 6.45) is 1.78. The van der Waals surface area contributed by atoms with Crippen LogP contribution in [0.2, 0.25) is 0 Å². The van der Waals surface area contributed by atoms with Gasteiger partial charge in [0.1, 0.15) is 5.54 Å². The minimum absolute atomic E-state index is 0.481. The molecule has 0 fully saturated rings. The molecule has 0 saturated carbocycles. The Kier molecular flexibility index (Phi) is 4.28. The van der Waals surface area contributed by atoms with E-state index in [4.69, 9.17) is 14.7 Å². The van der Waals surface area contributed by atoms with Crippen molar-refractivity contribution in [3.05, 3.63) is 23.8 Å². The second-order valence-electron chi connectivity index (χ2n) is 5.25. The van der Waals surface area contributed by atoms with Gasteiger partial charge in [-0.3, -0.25) is 5.32 Å². The first-order valence-electron chi connectivity index (χ1n) is 6.65. The average Bonchev–Trinajstić information content (AvgIpc) is 2.63. The molecule has 0 spiro atoms. The van der Waals surface area contributed by atoms with E-state index in [0.717, 1.165) is 30.9 Å². The van der Waals surface area contributed by atoms with Crippen molar-refractivity contribution < 1.29 is 9.47 Å². The van der Waals surface area contributed by atoms with Crippen molar-refractivity contribution in [1.82, 2.24) is 5.32 Å². The third-order valence-corrected chi connectivity index (χ3v) is 3.07. The van der Waals surface area contributed by atoms with Crippen LogP contribution in [-0.4, -0.2) is 25.3 Å². The molecule has 102 valence electrons. The molecule has 0 saturated heterocycles. The van der Waals surface area contributed by atoms with Gasteiger partial charge in [-0.05, 0) is 38.0 Å². The third-order valence-electron chi connectivity index (χ3n) is 3.07. The highest BCUT2D eigenvalue weighted by Crippen LogP contribution is 2.30. The number of rotatable bonds is 4. The van der Waals surface area contributed by atoms with E-state index in [-0.39, 0.29) is 0 Å². The minimum atomic E-state index is -0.481. The minimum Gasteiger partial charge on any atom is -0.490 e. The average molecular weight is 260 g/mol. The Balaban J connectivity index is 1.95. The highest BCUT2D eigenvalue weighted by Gasteiger charge is 2.15. The van der Waals surface area contributed by atoms with Crippen molar-refractivity contribution in [2.75, 3.05) is 19.8 Å². The molecule has 4 nitrogen and oxygen atoms in total. The van der Waals surface area contributed by atoms with Crippen LogP contribution in [0, 0.1) is 11.3 Å². The normalized spacial score (nSPS) is 14.6. The number of hydrogen-bond donors (Lipinski definition) is 1. The van der Waals surface area contributed by atoms with Crippen molar-refractivity contribution >= 4 is 0 Å². The molecule has 1 heterocycles. The fraction of sp³-hybridized carbons (Fsp3) is 0.533. The van der Waals surface area contributed by atoms with Crippen LogP contribution < -0.4 is 14.8 Å². The Morgan fingerprint density at radius 1 is 1.26 bits per heavy atom. The van der Waals surface area contributed by atoms with Crippen LogP contribution in [-0.2, 0) is 6.42 Å². The predicted octanol–water partition coefficient (Wildman–Crippen LogP) is 2.28. The second-order valence-corrected chi connectivity index (χ2v) is 5.25. The number of nitrogens with zero attached hydrogens (tertiary/aromatic N) is 1. The molecule has 2 rings (SSSR count). The van der Waals surface area contributed by atoms with Crippen LogP contribution in [0.25, 0.3) is 0 Å². The number of fused-ring (bicyclic) bond motifs is 1. The standard InChI is InChI=1S/C15H20N2O2/c1-15(2,11-16)17-7-6-12-4-5-13-14(10-12)19-9-3-8-18-13/h4-5,10,17H,3,6-9H2,1-2H3. The molecule has 1 aromatic rings. The third kappa shape index (κ3) is 3.87. The lowest BCUT2D eigenvalue weighted by atomic mass is 10.1. The van der Waals surface area contributed by atoms with Crippen molar-refractivity contribution in [2.24, 2.45) is 0 Å². The molecule has 0 radical (unpaired) electrons. The summed E-state index contributed by atoms with van der Waals surface area (Å²) in [6.45, 7) is 5.93. The fourth-order valence-electron chi connectivity index (χ4n) is 1.92. The zero-order valence-electron chi connectivity index (χ0n) is 11.5. The lowest BCUT2D eigenvalue weighted by molar-refractivity contribution is 0.297. The number of benzene rings is 1. The summed E-state index contributed by atoms with van der Waals surface area (Å²) in [5, 5.41) is 12.1. The van der Waals surface area contributed by atoms with Crippen LogP contribution >= 0.6 is 0 Å². The number of ether oxygens (including phenoxy) is 2. The van der Waals surface area contributed by atoms with E-state index in [2.05, 4.69) is 17.5 Å². The van der Waals surface area contributed by atoms with E-state index in [1.807, 2.05) is 26.0 Å². The summed E-state index contributed by atoms with van der Waals surface area (Å²) in [5.41, 5.74) is 0.705. The van der Waals surface area contributed by atoms with E-state index < -0.39 is 5.54 Å². The van der Waals surface area contributed by atoms with Gasteiger partial charge < -0.3 is 9.47 Å². The molecule has 0 bridgehead atoms. The molecule has 4 heteroatoms. The van der Waals surface area contributed by atoms with Gasteiger partial charge in [0.05, 0.1) is 19.3 Å². The summed E-state index contributed by atoms with van der Waals surface area (Å²) in [7, 11) is 0.